The predicted molar refractivity (Wildman–Crippen MR) is 75.8 cm³/mol. The molecule has 0 amide bonds. The lowest BCUT2D eigenvalue weighted by molar-refractivity contribution is -0.383. The van der Waals surface area contributed by atoms with Crippen LogP contribution in [0.5, 0.6) is 0 Å². The number of nitro groups is 1. The van der Waals surface area contributed by atoms with Gasteiger partial charge in [-0.2, -0.15) is 0 Å². The van der Waals surface area contributed by atoms with Crippen LogP contribution in [-0.4, -0.2) is 21.4 Å². The maximum atomic E-state index is 11.3. The first-order chi connectivity index (χ1) is 9.15. The molecule has 0 spiro atoms. The van der Waals surface area contributed by atoms with E-state index in [0.29, 0.717) is 16.4 Å². The van der Waals surface area contributed by atoms with Gasteiger partial charge in [0.15, 0.2) is 5.69 Å². The van der Waals surface area contributed by atoms with Gasteiger partial charge in [-0.25, -0.2) is 9.97 Å². The summed E-state index contributed by atoms with van der Waals surface area (Å²) in [6, 6.07) is 1.69. The minimum Gasteiger partial charge on any atom is -0.364 e. The first-order valence-corrected chi connectivity index (χ1v) is 6.87. The maximum Gasteiger partial charge on any atom is 0.338 e. The number of anilines is 1. The monoisotopic (exact) mass is 298 g/mol. The van der Waals surface area contributed by atoms with Crippen molar-refractivity contribution in [1.29, 1.82) is 0 Å². The quantitative estimate of drug-likeness (QED) is 0.674. The first-order valence-electron chi connectivity index (χ1n) is 5.61. The van der Waals surface area contributed by atoms with E-state index in [1.54, 1.807) is 11.4 Å². The Bertz CT molecular complexity index is 602. The van der Waals surface area contributed by atoms with Crippen LogP contribution in [0.15, 0.2) is 17.8 Å². The number of hydrogen-bond donors (Lipinski definition) is 1. The van der Waals surface area contributed by atoms with E-state index in [2.05, 4.69) is 15.3 Å². The number of hydrogen-bond acceptors (Lipinski definition) is 6. The summed E-state index contributed by atoms with van der Waals surface area (Å²) in [7, 11) is 0. The zero-order valence-corrected chi connectivity index (χ0v) is 11.7. The van der Waals surface area contributed by atoms with Gasteiger partial charge >= 0.3 is 5.69 Å². The summed E-state index contributed by atoms with van der Waals surface area (Å²) in [5.41, 5.74) is 0.110. The molecule has 0 aromatic carbocycles. The topological polar surface area (TPSA) is 81.0 Å². The zero-order chi connectivity index (χ0) is 13.8. The molecule has 0 atom stereocenters. The van der Waals surface area contributed by atoms with E-state index < -0.39 is 4.92 Å². The van der Waals surface area contributed by atoms with Crippen molar-refractivity contribution >= 4 is 34.4 Å². The van der Waals surface area contributed by atoms with E-state index in [1.165, 1.54) is 17.7 Å². The van der Waals surface area contributed by atoms with Crippen molar-refractivity contribution in [2.24, 2.45) is 0 Å². The van der Waals surface area contributed by atoms with Gasteiger partial charge in [0.05, 0.1) is 14.8 Å². The van der Waals surface area contributed by atoms with Gasteiger partial charge in [-0.15, -0.1) is 11.3 Å². The van der Waals surface area contributed by atoms with Crippen LogP contribution in [-0.2, 0) is 0 Å². The summed E-state index contributed by atoms with van der Waals surface area (Å²) in [6.45, 7) is 2.58. The molecule has 8 heteroatoms. The summed E-state index contributed by atoms with van der Waals surface area (Å²) in [4.78, 5) is 19.3. The highest BCUT2D eigenvalue weighted by atomic mass is 35.5. The molecule has 19 heavy (non-hydrogen) atoms. The minimum absolute atomic E-state index is 0.139. The minimum atomic E-state index is -0.483. The van der Waals surface area contributed by atoms with Crippen molar-refractivity contribution in [2.75, 3.05) is 11.9 Å². The van der Waals surface area contributed by atoms with Crippen LogP contribution in [0.2, 0.25) is 5.02 Å². The Morgan fingerprint density at radius 3 is 2.89 bits per heavy atom. The molecule has 100 valence electrons. The van der Waals surface area contributed by atoms with Gasteiger partial charge in [0.25, 0.3) is 0 Å². The summed E-state index contributed by atoms with van der Waals surface area (Å²) in [6.07, 6.45) is 2.15. The Hall–Kier alpha value is -1.73. The van der Waals surface area contributed by atoms with Crippen LogP contribution < -0.4 is 5.32 Å². The Labute approximate surface area is 118 Å². The average Bonchev–Trinajstić information content (AvgIpc) is 2.81. The summed E-state index contributed by atoms with van der Waals surface area (Å²) in [5, 5.41) is 16.4. The zero-order valence-electron chi connectivity index (χ0n) is 10.1. The normalized spacial score (nSPS) is 10.4. The first kappa shape index (κ1) is 13.7. The fraction of sp³-hybridized carbons (Fsp3) is 0.273. The third kappa shape index (κ3) is 2.82. The van der Waals surface area contributed by atoms with Crippen molar-refractivity contribution in [3.8, 4) is 10.6 Å². The standard InChI is InChI=1S/C11H11ClN4O2S/c1-2-4-13-11-9(16(17)18)8(14-6-15-11)10-7(12)3-5-19-10/h3,5-6H,2,4H2,1H3,(H,13,14,15). The smallest absolute Gasteiger partial charge is 0.338 e. The van der Waals surface area contributed by atoms with Gasteiger partial charge in [0, 0.05) is 6.54 Å². The largest absolute Gasteiger partial charge is 0.364 e. The second-order valence-corrected chi connectivity index (χ2v) is 5.02. The highest BCUT2D eigenvalue weighted by molar-refractivity contribution is 7.14. The number of nitrogens with one attached hydrogen (secondary N) is 1. The van der Waals surface area contributed by atoms with E-state index in [0.717, 1.165) is 6.42 Å². The van der Waals surface area contributed by atoms with Gasteiger partial charge in [-0.3, -0.25) is 10.1 Å². The summed E-state index contributed by atoms with van der Waals surface area (Å²) in [5.74, 6) is 0.223. The van der Waals surface area contributed by atoms with Crippen LogP contribution in [0.3, 0.4) is 0 Å². The van der Waals surface area contributed by atoms with Crippen LogP contribution in [0.4, 0.5) is 11.5 Å². The van der Waals surface area contributed by atoms with E-state index in [4.69, 9.17) is 11.6 Å². The van der Waals surface area contributed by atoms with Crippen LogP contribution >= 0.6 is 22.9 Å². The molecule has 2 aromatic heterocycles. The Balaban J connectivity index is 2.55. The second kappa shape index (κ2) is 5.94. The van der Waals surface area contributed by atoms with Crippen molar-refractivity contribution in [1.82, 2.24) is 9.97 Å². The predicted octanol–water partition coefficient (Wildman–Crippen LogP) is 3.59. The molecule has 0 aliphatic rings. The Kier molecular flexibility index (Phi) is 4.28. The lowest BCUT2D eigenvalue weighted by Crippen LogP contribution is -2.07. The number of rotatable bonds is 5. The van der Waals surface area contributed by atoms with E-state index in [9.17, 15) is 10.1 Å². The lowest BCUT2D eigenvalue weighted by atomic mass is 10.2. The third-order valence-electron chi connectivity index (χ3n) is 2.38. The highest BCUT2D eigenvalue weighted by Gasteiger charge is 2.25. The molecule has 2 heterocycles. The number of halogens is 1. The molecule has 0 unspecified atom stereocenters. The van der Waals surface area contributed by atoms with Gasteiger partial charge in [-0.05, 0) is 17.9 Å². The van der Waals surface area contributed by atoms with Crippen LogP contribution in [0.1, 0.15) is 13.3 Å². The van der Waals surface area contributed by atoms with Crippen molar-refractivity contribution < 1.29 is 4.92 Å². The maximum absolute atomic E-state index is 11.3. The van der Waals surface area contributed by atoms with Crippen molar-refractivity contribution in [3.63, 3.8) is 0 Å². The highest BCUT2D eigenvalue weighted by Crippen LogP contribution is 2.39. The molecule has 0 radical (unpaired) electrons. The second-order valence-electron chi connectivity index (χ2n) is 3.70. The van der Waals surface area contributed by atoms with Crippen LogP contribution in [0.25, 0.3) is 10.6 Å². The number of nitrogens with zero attached hydrogens (tertiary/aromatic N) is 3. The molecule has 0 aliphatic carbocycles. The van der Waals surface area contributed by atoms with Crippen molar-refractivity contribution in [3.05, 3.63) is 32.9 Å². The SMILES string of the molecule is CCCNc1ncnc(-c2sccc2Cl)c1[N+](=O)[O-]. The Morgan fingerprint density at radius 1 is 1.53 bits per heavy atom. The molecule has 0 aliphatic heterocycles. The van der Waals surface area contributed by atoms with E-state index in [-0.39, 0.29) is 17.2 Å². The van der Waals surface area contributed by atoms with E-state index in [1.807, 2.05) is 6.92 Å². The summed E-state index contributed by atoms with van der Waals surface area (Å²) >= 11 is 7.33. The molecular weight excluding hydrogens is 288 g/mol. The molecule has 0 saturated heterocycles. The lowest BCUT2D eigenvalue weighted by Gasteiger charge is -2.06. The molecule has 0 saturated carbocycles. The number of thiophene rings is 1. The van der Waals surface area contributed by atoms with Gasteiger partial charge in [0.1, 0.15) is 6.33 Å². The third-order valence-corrected chi connectivity index (χ3v) is 3.73. The summed E-state index contributed by atoms with van der Waals surface area (Å²) < 4.78 is 0. The molecule has 0 bridgehead atoms. The fourth-order valence-electron chi connectivity index (χ4n) is 1.55. The number of aromatic nitrogens is 2. The van der Waals surface area contributed by atoms with Gasteiger partial charge in [-0.1, -0.05) is 18.5 Å². The molecule has 6 nitrogen and oxygen atoms in total. The van der Waals surface area contributed by atoms with Gasteiger partial charge < -0.3 is 5.32 Å². The molecule has 2 rings (SSSR count). The fourth-order valence-corrected chi connectivity index (χ4v) is 2.70. The van der Waals surface area contributed by atoms with Crippen molar-refractivity contribution in [2.45, 2.75) is 13.3 Å². The average molecular weight is 299 g/mol. The molecule has 0 fully saturated rings. The van der Waals surface area contributed by atoms with Gasteiger partial charge in [0.2, 0.25) is 5.82 Å². The van der Waals surface area contributed by atoms with E-state index >= 15 is 0 Å². The van der Waals surface area contributed by atoms with Crippen LogP contribution in [0, 0.1) is 10.1 Å². The molecular formula is C11H11ClN4O2S. The molecule has 2 aromatic rings. The molecule has 1 N–H and O–H groups in total. The Morgan fingerprint density at radius 2 is 2.32 bits per heavy atom.